The molecule has 7 nitrogen and oxygen atoms in total. The van der Waals surface area contributed by atoms with Crippen LogP contribution in [0.1, 0.15) is 5.56 Å². The average Bonchev–Trinajstić information content (AvgIpc) is 3.27. The zero-order valence-electron chi connectivity index (χ0n) is 16.3. The van der Waals surface area contributed by atoms with E-state index in [1.807, 2.05) is 54.6 Å². The molecule has 1 N–H and O–H groups in total. The molecule has 9 heteroatoms. The van der Waals surface area contributed by atoms with Crippen molar-refractivity contribution in [3.8, 4) is 11.4 Å². The van der Waals surface area contributed by atoms with Gasteiger partial charge in [-0.2, -0.15) is 4.68 Å². The third kappa shape index (κ3) is 5.84. The molecule has 1 heterocycles. The third-order valence-electron chi connectivity index (χ3n) is 4.23. The molecule has 0 aliphatic carbocycles. The Morgan fingerprint density at radius 1 is 1.00 bits per heavy atom. The molecule has 156 valence electrons. The minimum absolute atomic E-state index is 0.159. The number of benzene rings is 3. The fourth-order valence-corrected chi connectivity index (χ4v) is 3.53. The number of amides is 1. The van der Waals surface area contributed by atoms with Crippen LogP contribution in [-0.2, 0) is 11.4 Å². The van der Waals surface area contributed by atoms with Gasteiger partial charge in [-0.05, 0) is 64.5 Å². The van der Waals surface area contributed by atoms with Crippen molar-refractivity contribution in [2.75, 3.05) is 11.1 Å². The molecule has 1 aromatic heterocycles. The van der Waals surface area contributed by atoms with Gasteiger partial charge in [-0.1, -0.05) is 53.7 Å². The summed E-state index contributed by atoms with van der Waals surface area (Å²) < 4.78 is 7.32. The molecule has 0 radical (unpaired) electrons. The molecule has 0 atom stereocenters. The van der Waals surface area contributed by atoms with E-state index in [0.29, 0.717) is 22.5 Å². The van der Waals surface area contributed by atoms with Crippen molar-refractivity contribution in [2.24, 2.45) is 0 Å². The highest BCUT2D eigenvalue weighted by Crippen LogP contribution is 2.21. The van der Waals surface area contributed by atoms with Gasteiger partial charge in [0.2, 0.25) is 11.1 Å². The number of ether oxygens (including phenoxy) is 1. The number of thioether (sulfide) groups is 1. The number of hydrogen-bond donors (Lipinski definition) is 1. The first-order valence-electron chi connectivity index (χ1n) is 9.41. The van der Waals surface area contributed by atoms with Crippen LogP contribution in [0.5, 0.6) is 5.75 Å². The number of anilines is 1. The molecule has 0 bridgehead atoms. The second-order valence-corrected chi connectivity index (χ2v) is 7.86. The van der Waals surface area contributed by atoms with E-state index in [2.05, 4.69) is 20.8 Å². The predicted molar refractivity (Wildman–Crippen MR) is 121 cm³/mol. The Kier molecular flexibility index (Phi) is 6.81. The van der Waals surface area contributed by atoms with E-state index in [0.717, 1.165) is 17.0 Å². The molecular weight excluding hydrogens is 434 g/mol. The van der Waals surface area contributed by atoms with Gasteiger partial charge < -0.3 is 10.1 Å². The van der Waals surface area contributed by atoms with Gasteiger partial charge in [-0.15, -0.1) is 5.10 Å². The number of halogens is 1. The predicted octanol–water partition coefficient (Wildman–Crippen LogP) is 4.63. The SMILES string of the molecule is O=C(CSc1nnnn1-c1ccc(Cl)cc1)Nc1ccc(OCc2ccccc2)cc1. The lowest BCUT2D eigenvalue weighted by Gasteiger charge is -2.08. The summed E-state index contributed by atoms with van der Waals surface area (Å²) >= 11 is 7.17. The topological polar surface area (TPSA) is 81.9 Å². The Labute approximate surface area is 188 Å². The second kappa shape index (κ2) is 10.1. The van der Waals surface area contributed by atoms with Crippen molar-refractivity contribution in [3.05, 3.63) is 89.4 Å². The lowest BCUT2D eigenvalue weighted by atomic mass is 10.2. The lowest BCUT2D eigenvalue weighted by molar-refractivity contribution is -0.113. The van der Waals surface area contributed by atoms with Gasteiger partial charge in [0.25, 0.3) is 0 Å². The summed E-state index contributed by atoms with van der Waals surface area (Å²) in [5, 5.41) is 15.7. The van der Waals surface area contributed by atoms with Crippen molar-refractivity contribution in [1.29, 1.82) is 0 Å². The largest absolute Gasteiger partial charge is 0.489 e. The number of nitrogens with one attached hydrogen (secondary N) is 1. The summed E-state index contributed by atoms with van der Waals surface area (Å²) in [6, 6.07) is 24.3. The second-order valence-electron chi connectivity index (χ2n) is 6.49. The Morgan fingerprint density at radius 3 is 2.48 bits per heavy atom. The molecule has 0 saturated carbocycles. The van der Waals surface area contributed by atoms with E-state index in [1.165, 1.54) is 11.8 Å². The van der Waals surface area contributed by atoms with Crippen LogP contribution in [-0.4, -0.2) is 31.9 Å². The minimum atomic E-state index is -0.159. The quantitative estimate of drug-likeness (QED) is 0.393. The van der Waals surface area contributed by atoms with Gasteiger partial charge >= 0.3 is 0 Å². The van der Waals surface area contributed by atoms with E-state index in [9.17, 15) is 4.79 Å². The van der Waals surface area contributed by atoms with Crippen LogP contribution in [0.25, 0.3) is 5.69 Å². The third-order valence-corrected chi connectivity index (χ3v) is 5.40. The molecule has 3 aromatic carbocycles. The smallest absolute Gasteiger partial charge is 0.234 e. The first kappa shape index (κ1) is 20.9. The van der Waals surface area contributed by atoms with Gasteiger partial charge in [-0.25, -0.2) is 0 Å². The summed E-state index contributed by atoms with van der Waals surface area (Å²) in [6.07, 6.45) is 0. The zero-order chi connectivity index (χ0) is 21.5. The highest BCUT2D eigenvalue weighted by atomic mass is 35.5. The van der Waals surface area contributed by atoms with Crippen molar-refractivity contribution in [3.63, 3.8) is 0 Å². The monoisotopic (exact) mass is 451 g/mol. The molecule has 0 spiro atoms. The number of tetrazole rings is 1. The molecule has 0 unspecified atom stereocenters. The van der Waals surface area contributed by atoms with Crippen LogP contribution in [0.2, 0.25) is 5.02 Å². The lowest BCUT2D eigenvalue weighted by Crippen LogP contribution is -2.14. The molecule has 0 fully saturated rings. The van der Waals surface area contributed by atoms with Crippen LogP contribution in [0, 0.1) is 0 Å². The van der Waals surface area contributed by atoms with Crippen molar-refractivity contribution in [1.82, 2.24) is 20.2 Å². The Hall–Kier alpha value is -3.36. The average molecular weight is 452 g/mol. The maximum Gasteiger partial charge on any atom is 0.234 e. The maximum atomic E-state index is 12.3. The van der Waals surface area contributed by atoms with Gasteiger partial charge in [-0.3, -0.25) is 4.79 Å². The fraction of sp³-hybridized carbons (Fsp3) is 0.0909. The zero-order valence-corrected chi connectivity index (χ0v) is 17.9. The van der Waals surface area contributed by atoms with Gasteiger partial charge in [0.1, 0.15) is 12.4 Å². The summed E-state index contributed by atoms with van der Waals surface area (Å²) in [7, 11) is 0. The van der Waals surface area contributed by atoms with E-state index >= 15 is 0 Å². The van der Waals surface area contributed by atoms with Crippen molar-refractivity contribution in [2.45, 2.75) is 11.8 Å². The number of hydrogen-bond acceptors (Lipinski definition) is 6. The Morgan fingerprint density at radius 2 is 1.74 bits per heavy atom. The van der Waals surface area contributed by atoms with Gasteiger partial charge in [0.05, 0.1) is 11.4 Å². The van der Waals surface area contributed by atoms with Crippen LogP contribution in [0.15, 0.2) is 84.0 Å². The summed E-state index contributed by atoms with van der Waals surface area (Å²) in [5.74, 6) is 0.743. The van der Waals surface area contributed by atoms with Crippen molar-refractivity contribution >= 4 is 35.0 Å². The summed E-state index contributed by atoms with van der Waals surface area (Å²) in [4.78, 5) is 12.3. The van der Waals surface area contributed by atoms with Crippen molar-refractivity contribution < 1.29 is 9.53 Å². The molecule has 0 aliphatic heterocycles. The van der Waals surface area contributed by atoms with E-state index in [1.54, 1.807) is 28.9 Å². The first-order chi connectivity index (χ1) is 15.2. The van der Waals surface area contributed by atoms with E-state index < -0.39 is 0 Å². The minimum Gasteiger partial charge on any atom is -0.489 e. The molecule has 4 rings (SSSR count). The molecular formula is C22H18ClN5O2S. The highest BCUT2D eigenvalue weighted by molar-refractivity contribution is 7.99. The normalized spacial score (nSPS) is 10.6. The number of aromatic nitrogens is 4. The number of nitrogens with zero attached hydrogens (tertiary/aromatic N) is 4. The van der Waals surface area contributed by atoms with E-state index in [4.69, 9.17) is 16.3 Å². The molecule has 0 aliphatic rings. The highest BCUT2D eigenvalue weighted by Gasteiger charge is 2.12. The van der Waals surface area contributed by atoms with Gasteiger partial charge in [0, 0.05) is 10.7 Å². The number of rotatable bonds is 8. The molecule has 31 heavy (non-hydrogen) atoms. The molecule has 0 saturated heterocycles. The fourth-order valence-electron chi connectivity index (χ4n) is 2.72. The van der Waals surface area contributed by atoms with Crippen LogP contribution in [0.4, 0.5) is 5.69 Å². The Bertz CT molecular complexity index is 1130. The van der Waals surface area contributed by atoms with E-state index in [-0.39, 0.29) is 11.7 Å². The maximum absolute atomic E-state index is 12.3. The van der Waals surface area contributed by atoms with Crippen LogP contribution < -0.4 is 10.1 Å². The molecule has 4 aromatic rings. The summed E-state index contributed by atoms with van der Waals surface area (Å²) in [6.45, 7) is 0.492. The van der Waals surface area contributed by atoms with Crippen LogP contribution >= 0.6 is 23.4 Å². The number of carbonyl (C=O) groups is 1. The number of carbonyl (C=O) groups excluding carboxylic acids is 1. The van der Waals surface area contributed by atoms with Gasteiger partial charge in [0.15, 0.2) is 0 Å². The standard InChI is InChI=1S/C22H18ClN5O2S/c23-17-6-10-19(11-7-17)28-22(25-26-27-28)31-15-21(29)24-18-8-12-20(13-9-18)30-14-16-4-2-1-3-5-16/h1-13H,14-15H2,(H,24,29). The first-order valence-corrected chi connectivity index (χ1v) is 10.8. The van der Waals surface area contributed by atoms with Crippen LogP contribution in [0.3, 0.4) is 0 Å². The summed E-state index contributed by atoms with van der Waals surface area (Å²) in [5.41, 5.74) is 2.55. The molecule has 1 amide bonds. The Balaban J connectivity index is 1.28.